The minimum absolute atomic E-state index is 0.0179. The molecule has 0 heterocycles. The molecule has 0 spiro atoms. The van der Waals surface area contributed by atoms with E-state index >= 15 is 0 Å². The minimum Gasteiger partial charge on any atom is -0.462 e. The van der Waals surface area contributed by atoms with Crippen LogP contribution in [0.3, 0.4) is 0 Å². The van der Waals surface area contributed by atoms with Gasteiger partial charge in [0, 0.05) is 6.42 Å². The maximum absolute atomic E-state index is 13.1. The molecule has 0 aromatic heterocycles. The summed E-state index contributed by atoms with van der Waals surface area (Å²) >= 11 is 0. The molecule has 0 rings (SSSR count). The van der Waals surface area contributed by atoms with Gasteiger partial charge in [-0.2, -0.15) is 0 Å². The Bertz CT molecular complexity index is 1080. The van der Waals surface area contributed by atoms with Crippen molar-refractivity contribution >= 4 is 11.9 Å². The van der Waals surface area contributed by atoms with Crippen molar-refractivity contribution in [2.24, 2.45) is 0 Å². The van der Waals surface area contributed by atoms with Crippen molar-refractivity contribution in [2.45, 2.75) is 206 Å². The van der Waals surface area contributed by atoms with E-state index in [0.717, 1.165) is 89.9 Å². The Morgan fingerprint density at radius 1 is 0.564 bits per heavy atom. The van der Waals surface area contributed by atoms with Gasteiger partial charge in [0.25, 0.3) is 0 Å². The van der Waals surface area contributed by atoms with Crippen LogP contribution >= 0.6 is 0 Å². The van der Waals surface area contributed by atoms with E-state index < -0.39 is 18.2 Å². The maximum Gasteiger partial charge on any atom is 0.306 e. The summed E-state index contributed by atoms with van der Waals surface area (Å²) in [7, 11) is 0. The summed E-state index contributed by atoms with van der Waals surface area (Å²) < 4.78 is 5.85. The topological polar surface area (TPSA) is 95.9 Å². The molecule has 0 aliphatic rings. The number of aliphatic hydroxyl groups is 2. The largest absolute Gasteiger partial charge is 0.462 e. The second-order valence-corrected chi connectivity index (χ2v) is 14.8. The predicted octanol–water partition coefficient (Wildman–Crippen LogP) is 12.8. The standard InChI is InChI=1S/C49H83NO5/c1-4-7-10-13-16-19-22-23-24-27-30-33-36-39-42-49(54)55-45(40-37-34-31-28-25-20-17-14-11-8-5-2)43-48(53)50-46(44-51)47(52)41-38-35-32-29-26-21-18-15-12-9-6-3/h7-8,10-11,14,16-17,19-20,23-25,28,31,45-47,51-52H,4-6,9,12-13,15,18,21-22,26-27,29-30,32-44H2,1-3H3,(H,50,53)/b10-7+,11-8+,17-14+,19-16+,24-23+,25-20-,31-28-. The number of amides is 1. The Hall–Kier alpha value is -2.96. The van der Waals surface area contributed by atoms with Crippen LogP contribution in [0.25, 0.3) is 0 Å². The van der Waals surface area contributed by atoms with E-state index in [2.05, 4.69) is 74.7 Å². The highest BCUT2D eigenvalue weighted by molar-refractivity contribution is 5.77. The Labute approximate surface area is 338 Å². The number of rotatable bonds is 38. The minimum atomic E-state index is -0.811. The molecule has 0 fully saturated rings. The van der Waals surface area contributed by atoms with Crippen molar-refractivity contribution in [1.82, 2.24) is 5.32 Å². The molecule has 0 aliphatic heterocycles. The number of unbranched alkanes of at least 4 members (excludes halogenated alkanes) is 15. The van der Waals surface area contributed by atoms with Crippen LogP contribution in [-0.2, 0) is 14.3 Å². The molecule has 3 N–H and O–H groups in total. The molecular weight excluding hydrogens is 683 g/mol. The fourth-order valence-electron chi connectivity index (χ4n) is 6.22. The van der Waals surface area contributed by atoms with Crippen LogP contribution in [0, 0.1) is 0 Å². The van der Waals surface area contributed by atoms with Crippen LogP contribution < -0.4 is 5.32 Å². The predicted molar refractivity (Wildman–Crippen MR) is 236 cm³/mol. The van der Waals surface area contributed by atoms with Gasteiger partial charge in [0.15, 0.2) is 0 Å². The molecule has 0 aliphatic carbocycles. The lowest BCUT2D eigenvalue weighted by molar-refractivity contribution is -0.151. The molecule has 3 atom stereocenters. The summed E-state index contributed by atoms with van der Waals surface area (Å²) in [6, 6.07) is -0.729. The van der Waals surface area contributed by atoms with Gasteiger partial charge in [-0.1, -0.05) is 189 Å². The first-order chi connectivity index (χ1) is 27.0. The second-order valence-electron chi connectivity index (χ2n) is 14.8. The van der Waals surface area contributed by atoms with E-state index in [9.17, 15) is 19.8 Å². The first-order valence-electron chi connectivity index (χ1n) is 22.4. The Morgan fingerprint density at radius 2 is 1.09 bits per heavy atom. The fourth-order valence-corrected chi connectivity index (χ4v) is 6.22. The molecule has 6 nitrogen and oxygen atoms in total. The number of aliphatic hydroxyl groups excluding tert-OH is 2. The molecule has 1 amide bonds. The van der Waals surface area contributed by atoms with Crippen molar-refractivity contribution in [2.75, 3.05) is 6.61 Å². The van der Waals surface area contributed by atoms with Crippen molar-refractivity contribution in [1.29, 1.82) is 0 Å². The Balaban J connectivity index is 4.73. The highest BCUT2D eigenvalue weighted by atomic mass is 16.5. The molecule has 6 heteroatoms. The molecule has 0 aromatic carbocycles. The van der Waals surface area contributed by atoms with Crippen LogP contribution in [0.1, 0.15) is 188 Å². The summed E-state index contributed by atoms with van der Waals surface area (Å²) in [5, 5.41) is 23.6. The number of carbonyl (C=O) groups is 2. The molecule has 0 saturated heterocycles. The van der Waals surface area contributed by atoms with Crippen molar-refractivity contribution in [3.05, 3.63) is 85.1 Å². The zero-order valence-corrected chi connectivity index (χ0v) is 35.5. The molecule has 3 unspecified atom stereocenters. The van der Waals surface area contributed by atoms with Crippen LogP contribution in [-0.4, -0.2) is 46.9 Å². The zero-order chi connectivity index (χ0) is 40.3. The number of allylic oxidation sites excluding steroid dienone is 14. The first-order valence-corrected chi connectivity index (χ1v) is 22.4. The van der Waals surface area contributed by atoms with Crippen LogP contribution in [0.4, 0.5) is 0 Å². The number of ether oxygens (including phenoxy) is 1. The summed E-state index contributed by atoms with van der Waals surface area (Å²) in [5.41, 5.74) is 0. The van der Waals surface area contributed by atoms with Crippen molar-refractivity contribution in [3.63, 3.8) is 0 Å². The Morgan fingerprint density at radius 3 is 1.73 bits per heavy atom. The molecule has 0 saturated carbocycles. The van der Waals surface area contributed by atoms with E-state index in [1.165, 1.54) is 51.4 Å². The van der Waals surface area contributed by atoms with Crippen LogP contribution in [0.5, 0.6) is 0 Å². The smallest absolute Gasteiger partial charge is 0.306 e. The van der Waals surface area contributed by atoms with Gasteiger partial charge in [-0.05, 0) is 70.6 Å². The third kappa shape index (κ3) is 37.7. The van der Waals surface area contributed by atoms with Gasteiger partial charge < -0.3 is 20.3 Å². The lowest BCUT2D eigenvalue weighted by atomic mass is 10.0. The quantitative estimate of drug-likeness (QED) is 0.0252. The summed E-state index contributed by atoms with van der Waals surface area (Å²) in [6.45, 7) is 6.17. The van der Waals surface area contributed by atoms with Gasteiger partial charge >= 0.3 is 5.97 Å². The molecular formula is C49H83NO5. The lowest BCUT2D eigenvalue weighted by Crippen LogP contribution is -2.46. The van der Waals surface area contributed by atoms with E-state index in [1.54, 1.807) is 0 Å². The fraction of sp³-hybridized carbons (Fsp3) is 0.673. The Kier molecular flexibility index (Phi) is 39.9. The summed E-state index contributed by atoms with van der Waals surface area (Å²) in [4.78, 5) is 25.9. The van der Waals surface area contributed by atoms with Gasteiger partial charge in [0.05, 0.1) is 25.2 Å². The third-order valence-corrected chi connectivity index (χ3v) is 9.56. The second kappa shape index (κ2) is 42.2. The zero-order valence-electron chi connectivity index (χ0n) is 35.5. The highest BCUT2D eigenvalue weighted by Crippen LogP contribution is 2.16. The highest BCUT2D eigenvalue weighted by Gasteiger charge is 2.23. The summed E-state index contributed by atoms with van der Waals surface area (Å²) in [6.07, 6.45) is 53.6. The van der Waals surface area contributed by atoms with Crippen LogP contribution in [0.2, 0.25) is 0 Å². The number of carbonyl (C=O) groups excluding carboxylic acids is 2. The average molecular weight is 766 g/mol. The SMILES string of the molecule is CC/C=C/C=C/C=C\C=C/CCCC(CC(=O)NC(CO)C(O)CCCCCCCCCCCCC)OC(=O)CCCCCC/C=C/C/C=C/C/C=C/CC. The number of hydrogen-bond acceptors (Lipinski definition) is 5. The lowest BCUT2D eigenvalue weighted by Gasteiger charge is -2.24. The van der Waals surface area contributed by atoms with Gasteiger partial charge in [0.2, 0.25) is 5.91 Å². The number of esters is 1. The van der Waals surface area contributed by atoms with Crippen molar-refractivity contribution in [3.8, 4) is 0 Å². The van der Waals surface area contributed by atoms with Crippen molar-refractivity contribution < 1.29 is 24.5 Å². The monoisotopic (exact) mass is 766 g/mol. The van der Waals surface area contributed by atoms with E-state index in [0.29, 0.717) is 19.3 Å². The molecule has 314 valence electrons. The van der Waals surface area contributed by atoms with E-state index in [-0.39, 0.29) is 24.9 Å². The molecule has 0 radical (unpaired) electrons. The average Bonchev–Trinajstić information content (AvgIpc) is 3.18. The van der Waals surface area contributed by atoms with Gasteiger partial charge in [0.1, 0.15) is 6.10 Å². The van der Waals surface area contributed by atoms with E-state index in [1.807, 2.05) is 36.5 Å². The number of hydrogen-bond donors (Lipinski definition) is 3. The first kappa shape index (κ1) is 52.0. The molecule has 0 bridgehead atoms. The van der Waals surface area contributed by atoms with Gasteiger partial charge in [-0.25, -0.2) is 0 Å². The maximum atomic E-state index is 13.1. The van der Waals surface area contributed by atoms with E-state index in [4.69, 9.17) is 4.74 Å². The molecule has 55 heavy (non-hydrogen) atoms. The normalized spacial score (nSPS) is 14.2. The van der Waals surface area contributed by atoms with Gasteiger partial charge in [-0.3, -0.25) is 9.59 Å². The van der Waals surface area contributed by atoms with Crippen LogP contribution in [0.15, 0.2) is 85.1 Å². The summed E-state index contributed by atoms with van der Waals surface area (Å²) in [5.74, 6) is -0.579. The van der Waals surface area contributed by atoms with Gasteiger partial charge in [-0.15, -0.1) is 0 Å². The third-order valence-electron chi connectivity index (χ3n) is 9.56. The molecule has 0 aromatic rings. The number of nitrogens with one attached hydrogen (secondary N) is 1.